The van der Waals surface area contributed by atoms with E-state index < -0.39 is 97.5 Å². The number of phosphoric acid groups is 2. The average Bonchev–Trinajstić information content (AvgIpc) is 1.11. The third-order valence-electron chi connectivity index (χ3n) is 18.9. The molecule has 0 aliphatic rings. The number of aliphatic hydroxyl groups excluding tert-OH is 1. The van der Waals surface area contributed by atoms with E-state index in [1.807, 2.05) is 0 Å². The molecule has 0 aromatic carbocycles. The van der Waals surface area contributed by atoms with Crippen molar-refractivity contribution < 1.29 is 80.2 Å². The number of rotatable bonds is 77. The Morgan fingerprint density at radius 1 is 0.289 bits per heavy atom. The number of carbonyl (C=O) groups is 4. The first kappa shape index (κ1) is 95.1. The molecule has 0 spiro atoms. The zero-order valence-electron chi connectivity index (χ0n) is 63.4. The van der Waals surface area contributed by atoms with E-state index in [4.69, 9.17) is 37.0 Å². The van der Waals surface area contributed by atoms with Crippen molar-refractivity contribution in [2.75, 3.05) is 39.6 Å². The average molecular weight is 1420 g/mol. The molecular formula is C78H152O17P2. The van der Waals surface area contributed by atoms with Gasteiger partial charge in [-0.3, -0.25) is 37.3 Å². The number of esters is 4. The number of hydrogen-bond donors (Lipinski definition) is 3. The number of ether oxygens (including phenoxy) is 4. The molecular weight excluding hydrogens is 1270 g/mol. The van der Waals surface area contributed by atoms with Crippen molar-refractivity contribution in [1.29, 1.82) is 0 Å². The normalized spacial score (nSPS) is 14.5. The largest absolute Gasteiger partial charge is 0.472 e. The van der Waals surface area contributed by atoms with Gasteiger partial charge in [0.15, 0.2) is 12.2 Å². The summed E-state index contributed by atoms with van der Waals surface area (Å²) >= 11 is 0. The fraction of sp³-hybridized carbons (Fsp3) is 0.949. The summed E-state index contributed by atoms with van der Waals surface area (Å²) in [5, 5.41) is 10.6. The summed E-state index contributed by atoms with van der Waals surface area (Å²) in [5.41, 5.74) is 0. The molecule has 4 unspecified atom stereocenters. The molecule has 0 fully saturated rings. The molecule has 0 aromatic heterocycles. The van der Waals surface area contributed by atoms with Gasteiger partial charge in [-0.15, -0.1) is 0 Å². The van der Waals surface area contributed by atoms with Crippen LogP contribution in [0.3, 0.4) is 0 Å². The van der Waals surface area contributed by atoms with Crippen molar-refractivity contribution in [1.82, 2.24) is 0 Å². The van der Waals surface area contributed by atoms with E-state index in [1.165, 1.54) is 225 Å². The fourth-order valence-corrected chi connectivity index (χ4v) is 13.5. The number of aliphatic hydroxyl groups is 1. The Labute approximate surface area is 594 Å². The molecule has 0 aliphatic carbocycles. The Balaban J connectivity index is 5.18. The van der Waals surface area contributed by atoms with Crippen LogP contribution in [0.2, 0.25) is 0 Å². The molecule has 0 heterocycles. The van der Waals surface area contributed by atoms with Crippen molar-refractivity contribution in [3.05, 3.63) is 0 Å². The third-order valence-corrected chi connectivity index (χ3v) is 20.8. The van der Waals surface area contributed by atoms with Gasteiger partial charge >= 0.3 is 39.5 Å². The van der Waals surface area contributed by atoms with Crippen molar-refractivity contribution in [2.45, 2.75) is 426 Å². The molecule has 97 heavy (non-hydrogen) atoms. The standard InChI is InChI=1S/C78H152O17P2/c1-7-11-13-15-17-19-20-21-22-28-31-34-38-42-49-55-61-76(81)89-66-73(94-77(82)62-56-50-43-39-35-32-29-26-24-23-25-27-30-33-37-40-46-52-58-70(5)9-3)68-92-96(84,85)90-64-72(79)65-91-97(86,87)93-69-74(67-88-75(80)60-54-48-41-36-18-16-14-12-8-2)95-78(83)63-57-51-45-44-47-53-59-71(6)10-4/h70-74,79H,7-69H2,1-6H3,(H,84,85)(H,86,87)/t70?,71?,72-,73-,74-/m1/s1. The van der Waals surface area contributed by atoms with Crippen LogP contribution in [-0.4, -0.2) is 96.7 Å². The fourth-order valence-electron chi connectivity index (χ4n) is 11.9. The first-order chi connectivity index (χ1) is 46.9. The summed E-state index contributed by atoms with van der Waals surface area (Å²) in [4.78, 5) is 72.8. The Kier molecular flexibility index (Phi) is 68.4. The van der Waals surface area contributed by atoms with Gasteiger partial charge in [0.05, 0.1) is 26.4 Å². The first-order valence-electron chi connectivity index (χ1n) is 40.6. The van der Waals surface area contributed by atoms with Crippen LogP contribution in [0.25, 0.3) is 0 Å². The molecule has 0 saturated carbocycles. The van der Waals surface area contributed by atoms with Crippen LogP contribution < -0.4 is 0 Å². The van der Waals surface area contributed by atoms with Crippen molar-refractivity contribution >= 4 is 39.5 Å². The van der Waals surface area contributed by atoms with Gasteiger partial charge in [-0.2, -0.15) is 0 Å². The minimum atomic E-state index is -4.96. The second-order valence-electron chi connectivity index (χ2n) is 28.6. The van der Waals surface area contributed by atoms with E-state index in [-0.39, 0.29) is 25.7 Å². The van der Waals surface area contributed by atoms with Crippen LogP contribution in [-0.2, 0) is 65.4 Å². The minimum absolute atomic E-state index is 0.103. The van der Waals surface area contributed by atoms with Crippen LogP contribution in [0.5, 0.6) is 0 Å². The Hall–Kier alpha value is -1.94. The van der Waals surface area contributed by atoms with Crippen LogP contribution in [0.15, 0.2) is 0 Å². The van der Waals surface area contributed by atoms with Gasteiger partial charge < -0.3 is 33.8 Å². The van der Waals surface area contributed by atoms with Crippen molar-refractivity contribution in [3.8, 4) is 0 Å². The van der Waals surface area contributed by atoms with Gasteiger partial charge in [0.25, 0.3) is 0 Å². The molecule has 0 saturated heterocycles. The number of phosphoric ester groups is 2. The lowest BCUT2D eigenvalue weighted by Gasteiger charge is -2.21. The molecule has 17 nitrogen and oxygen atoms in total. The second kappa shape index (κ2) is 69.8. The smallest absolute Gasteiger partial charge is 0.462 e. The molecule has 576 valence electrons. The van der Waals surface area contributed by atoms with E-state index in [0.29, 0.717) is 25.7 Å². The Morgan fingerprint density at radius 3 is 0.732 bits per heavy atom. The highest BCUT2D eigenvalue weighted by atomic mass is 31.2. The summed E-state index contributed by atoms with van der Waals surface area (Å²) in [7, 11) is -9.91. The highest BCUT2D eigenvalue weighted by Gasteiger charge is 2.30. The van der Waals surface area contributed by atoms with Gasteiger partial charge in [-0.1, -0.05) is 356 Å². The lowest BCUT2D eigenvalue weighted by molar-refractivity contribution is -0.161. The summed E-state index contributed by atoms with van der Waals surface area (Å²) < 4.78 is 68.5. The predicted octanol–water partition coefficient (Wildman–Crippen LogP) is 23.1. The quantitative estimate of drug-likeness (QED) is 0.0222. The van der Waals surface area contributed by atoms with Crippen LogP contribution in [0.4, 0.5) is 0 Å². The molecule has 7 atom stereocenters. The number of carbonyl (C=O) groups excluding carboxylic acids is 4. The van der Waals surface area contributed by atoms with Crippen molar-refractivity contribution in [3.63, 3.8) is 0 Å². The maximum Gasteiger partial charge on any atom is 0.472 e. The number of hydrogen-bond acceptors (Lipinski definition) is 15. The van der Waals surface area contributed by atoms with E-state index in [2.05, 4.69) is 41.5 Å². The summed E-state index contributed by atoms with van der Waals surface area (Å²) in [6.45, 7) is 9.61. The summed E-state index contributed by atoms with van der Waals surface area (Å²) in [6, 6.07) is 0. The molecule has 19 heteroatoms. The van der Waals surface area contributed by atoms with E-state index >= 15 is 0 Å². The van der Waals surface area contributed by atoms with Gasteiger partial charge in [0.1, 0.15) is 19.3 Å². The zero-order valence-corrected chi connectivity index (χ0v) is 65.2. The first-order valence-corrected chi connectivity index (χ1v) is 43.6. The van der Waals surface area contributed by atoms with Gasteiger partial charge in [0.2, 0.25) is 0 Å². The molecule has 0 rings (SSSR count). The molecule has 3 N–H and O–H groups in total. The van der Waals surface area contributed by atoms with Crippen LogP contribution in [0, 0.1) is 11.8 Å². The predicted molar refractivity (Wildman–Crippen MR) is 395 cm³/mol. The SMILES string of the molecule is CCCCCCCCCCCCCCCCCCC(=O)OC[C@H](COP(=O)(O)OC[C@@H](O)COP(=O)(O)OC[C@@H](COC(=O)CCCCCCCCCCC)OC(=O)CCCCCCCCC(C)CC)OC(=O)CCCCCCCCCCCCCCCCCCCCC(C)CC. The second-order valence-corrected chi connectivity index (χ2v) is 31.5. The number of unbranched alkanes of at least 4 members (excludes halogenated alkanes) is 45. The highest BCUT2D eigenvalue weighted by Crippen LogP contribution is 2.45. The third kappa shape index (κ3) is 69.5. The summed E-state index contributed by atoms with van der Waals surface area (Å²) in [5.74, 6) is -0.526. The maximum atomic E-state index is 13.1. The lowest BCUT2D eigenvalue weighted by atomic mass is 9.99. The molecule has 0 aromatic rings. The van der Waals surface area contributed by atoms with E-state index in [9.17, 15) is 43.2 Å². The minimum Gasteiger partial charge on any atom is -0.462 e. The Bertz CT molecular complexity index is 1880. The summed E-state index contributed by atoms with van der Waals surface area (Å²) in [6.07, 6.45) is 58.4. The molecule has 0 bridgehead atoms. The molecule has 0 aliphatic heterocycles. The van der Waals surface area contributed by atoms with E-state index in [1.54, 1.807) is 0 Å². The highest BCUT2D eigenvalue weighted by molar-refractivity contribution is 7.47. The van der Waals surface area contributed by atoms with Gasteiger partial charge in [-0.25, -0.2) is 9.13 Å². The van der Waals surface area contributed by atoms with Gasteiger partial charge in [0, 0.05) is 25.7 Å². The van der Waals surface area contributed by atoms with Crippen molar-refractivity contribution in [2.24, 2.45) is 11.8 Å². The van der Waals surface area contributed by atoms with Gasteiger partial charge in [-0.05, 0) is 37.5 Å². The Morgan fingerprint density at radius 2 is 0.495 bits per heavy atom. The monoisotopic (exact) mass is 1420 g/mol. The van der Waals surface area contributed by atoms with Crippen LogP contribution >= 0.6 is 15.6 Å². The molecule has 0 amide bonds. The maximum absolute atomic E-state index is 13.1. The van der Waals surface area contributed by atoms with Crippen LogP contribution in [0.1, 0.15) is 408 Å². The van der Waals surface area contributed by atoms with E-state index in [0.717, 1.165) is 102 Å². The topological polar surface area (TPSA) is 237 Å². The lowest BCUT2D eigenvalue weighted by Crippen LogP contribution is -2.30. The molecule has 0 radical (unpaired) electrons. The zero-order chi connectivity index (χ0) is 71.4.